The lowest BCUT2D eigenvalue weighted by molar-refractivity contribution is -0.384. The van der Waals surface area contributed by atoms with Crippen LogP contribution in [-0.2, 0) is 4.74 Å². The summed E-state index contributed by atoms with van der Waals surface area (Å²) in [6.07, 6.45) is -0.757. The molecule has 0 bridgehead atoms. The molecule has 2 rings (SSSR count). The van der Waals surface area contributed by atoms with Crippen molar-refractivity contribution in [1.29, 1.82) is 0 Å². The second kappa shape index (κ2) is 7.79. The lowest BCUT2D eigenvalue weighted by atomic mass is 10.2. The van der Waals surface area contributed by atoms with E-state index in [4.69, 9.17) is 21.1 Å². The smallest absolute Gasteiger partial charge is 0.414 e. The number of halogens is 2. The van der Waals surface area contributed by atoms with Gasteiger partial charge in [0.1, 0.15) is 22.9 Å². The van der Waals surface area contributed by atoms with Crippen LogP contribution < -0.4 is 9.64 Å². The highest BCUT2D eigenvalue weighted by atomic mass is 35.5. The number of carbonyl (C=O) groups is 1. The molecule has 27 heavy (non-hydrogen) atoms. The van der Waals surface area contributed by atoms with Crippen molar-refractivity contribution in [1.82, 2.24) is 0 Å². The van der Waals surface area contributed by atoms with E-state index in [0.29, 0.717) is 0 Å². The summed E-state index contributed by atoms with van der Waals surface area (Å²) in [6, 6.07) is 7.82. The topological polar surface area (TPSA) is 81.9 Å². The first kappa shape index (κ1) is 20.4. The SMILES string of the molecule is CN(C(=O)OC(C)(C)C)c1cccc(Oc2ccc(F)c(Cl)c2)c1[N+](=O)[O-]. The van der Waals surface area contributed by atoms with Crippen LogP contribution in [0.15, 0.2) is 36.4 Å². The molecule has 0 atom stereocenters. The maximum atomic E-state index is 13.3. The first-order valence-electron chi connectivity index (χ1n) is 7.86. The standard InChI is InChI=1S/C18H18ClFN2O5/c1-18(2,3)27-17(23)21(4)14-6-5-7-15(16(14)22(24)25)26-11-8-9-13(20)12(19)10-11/h5-10H,1-4H3. The minimum absolute atomic E-state index is 0.0139. The number of benzene rings is 2. The molecule has 0 heterocycles. The van der Waals surface area contributed by atoms with Gasteiger partial charge in [-0.1, -0.05) is 17.7 Å². The Balaban J connectivity index is 2.43. The Morgan fingerprint density at radius 3 is 2.48 bits per heavy atom. The van der Waals surface area contributed by atoms with Crippen molar-refractivity contribution in [3.8, 4) is 11.5 Å². The molecule has 0 spiro atoms. The van der Waals surface area contributed by atoms with Crippen molar-refractivity contribution in [2.45, 2.75) is 26.4 Å². The monoisotopic (exact) mass is 396 g/mol. The summed E-state index contributed by atoms with van der Waals surface area (Å²) in [7, 11) is 1.36. The van der Waals surface area contributed by atoms with Crippen molar-refractivity contribution in [2.75, 3.05) is 11.9 Å². The zero-order valence-electron chi connectivity index (χ0n) is 15.2. The van der Waals surface area contributed by atoms with E-state index in [1.54, 1.807) is 20.8 Å². The predicted molar refractivity (Wildman–Crippen MR) is 99.2 cm³/mol. The quantitative estimate of drug-likeness (QED) is 0.499. The zero-order valence-corrected chi connectivity index (χ0v) is 15.9. The van der Waals surface area contributed by atoms with E-state index in [9.17, 15) is 19.3 Å². The van der Waals surface area contributed by atoms with Crippen LogP contribution in [0.3, 0.4) is 0 Å². The van der Waals surface area contributed by atoms with Gasteiger partial charge in [-0.05, 0) is 45.0 Å². The van der Waals surface area contributed by atoms with Gasteiger partial charge in [-0.25, -0.2) is 9.18 Å². The highest BCUT2D eigenvalue weighted by Crippen LogP contribution is 2.40. The maximum Gasteiger partial charge on any atom is 0.414 e. The van der Waals surface area contributed by atoms with Crippen LogP contribution in [0.4, 0.5) is 20.6 Å². The minimum atomic E-state index is -0.765. The van der Waals surface area contributed by atoms with E-state index in [1.165, 1.54) is 37.4 Å². The number of nitro groups is 1. The lowest BCUT2D eigenvalue weighted by Crippen LogP contribution is -2.34. The Kier molecular flexibility index (Phi) is 5.90. The van der Waals surface area contributed by atoms with Gasteiger partial charge >= 0.3 is 11.8 Å². The fourth-order valence-electron chi connectivity index (χ4n) is 2.14. The number of ether oxygens (including phenoxy) is 2. The fourth-order valence-corrected chi connectivity index (χ4v) is 2.31. The second-order valence-corrected chi connectivity index (χ2v) is 7.01. The second-order valence-electron chi connectivity index (χ2n) is 6.60. The van der Waals surface area contributed by atoms with Gasteiger partial charge in [0.2, 0.25) is 5.75 Å². The summed E-state index contributed by atoms with van der Waals surface area (Å²) in [5, 5.41) is 11.4. The molecule has 0 aliphatic heterocycles. The molecule has 2 aromatic rings. The molecule has 7 nitrogen and oxygen atoms in total. The third-order valence-corrected chi connectivity index (χ3v) is 3.60. The number of amides is 1. The van der Waals surface area contributed by atoms with Gasteiger partial charge in [0.15, 0.2) is 0 Å². The lowest BCUT2D eigenvalue weighted by Gasteiger charge is -2.24. The number of nitro benzene ring substituents is 1. The largest absolute Gasteiger partial charge is 0.450 e. The Labute approximate surface area is 160 Å². The van der Waals surface area contributed by atoms with Crippen molar-refractivity contribution in [2.24, 2.45) is 0 Å². The fraction of sp³-hybridized carbons (Fsp3) is 0.278. The molecule has 0 N–H and O–H groups in total. The maximum absolute atomic E-state index is 13.3. The van der Waals surface area contributed by atoms with Crippen LogP contribution in [0, 0.1) is 15.9 Å². The predicted octanol–water partition coefficient (Wildman–Crippen LogP) is 5.55. The number of nitrogens with zero attached hydrogens (tertiary/aromatic N) is 2. The van der Waals surface area contributed by atoms with Crippen LogP contribution in [0.5, 0.6) is 11.5 Å². The van der Waals surface area contributed by atoms with E-state index >= 15 is 0 Å². The molecule has 0 fully saturated rings. The van der Waals surface area contributed by atoms with Crippen molar-refractivity contribution >= 4 is 29.1 Å². The molecule has 9 heteroatoms. The summed E-state index contributed by atoms with van der Waals surface area (Å²) in [5.41, 5.74) is -1.22. The van der Waals surface area contributed by atoms with E-state index < -0.39 is 28.1 Å². The zero-order chi connectivity index (χ0) is 20.4. The summed E-state index contributed by atoms with van der Waals surface area (Å²) >= 11 is 5.71. The van der Waals surface area contributed by atoms with Gasteiger partial charge in [-0.2, -0.15) is 0 Å². The Morgan fingerprint density at radius 1 is 1.26 bits per heavy atom. The number of hydrogen-bond acceptors (Lipinski definition) is 5. The average Bonchev–Trinajstić information content (AvgIpc) is 2.55. The van der Waals surface area contributed by atoms with E-state index in [1.807, 2.05) is 0 Å². The summed E-state index contributed by atoms with van der Waals surface area (Å²) in [6.45, 7) is 5.06. The number of hydrogen-bond donors (Lipinski definition) is 0. The highest BCUT2D eigenvalue weighted by Gasteiger charge is 2.29. The molecular formula is C18H18ClFN2O5. The van der Waals surface area contributed by atoms with Crippen molar-refractivity contribution < 1.29 is 23.6 Å². The van der Waals surface area contributed by atoms with E-state index in [2.05, 4.69) is 0 Å². The van der Waals surface area contributed by atoms with Crippen LogP contribution in [0.2, 0.25) is 5.02 Å². The van der Waals surface area contributed by atoms with Crippen molar-refractivity contribution in [3.05, 3.63) is 57.4 Å². The number of rotatable bonds is 4. The normalized spacial score (nSPS) is 11.0. The molecular weight excluding hydrogens is 379 g/mol. The van der Waals surface area contributed by atoms with Gasteiger partial charge in [-0.15, -0.1) is 0 Å². The van der Waals surface area contributed by atoms with Gasteiger partial charge in [0, 0.05) is 13.1 Å². The number of para-hydroxylation sites is 1. The molecule has 0 saturated heterocycles. The highest BCUT2D eigenvalue weighted by molar-refractivity contribution is 6.30. The van der Waals surface area contributed by atoms with E-state index in [0.717, 1.165) is 11.0 Å². The minimum Gasteiger partial charge on any atom is -0.450 e. The Morgan fingerprint density at radius 2 is 1.93 bits per heavy atom. The third-order valence-electron chi connectivity index (χ3n) is 3.31. The number of carbonyl (C=O) groups excluding carboxylic acids is 1. The molecule has 144 valence electrons. The van der Waals surface area contributed by atoms with Gasteiger partial charge in [0.05, 0.1) is 9.95 Å². The summed E-state index contributed by atoms with van der Waals surface area (Å²) < 4.78 is 24.0. The Hall–Kier alpha value is -2.87. The van der Waals surface area contributed by atoms with E-state index in [-0.39, 0.29) is 22.2 Å². The van der Waals surface area contributed by atoms with Crippen LogP contribution in [0.1, 0.15) is 20.8 Å². The first-order chi connectivity index (χ1) is 12.5. The molecule has 0 radical (unpaired) electrons. The van der Waals surface area contributed by atoms with Crippen molar-refractivity contribution in [3.63, 3.8) is 0 Å². The van der Waals surface area contributed by atoms with Crippen LogP contribution >= 0.6 is 11.6 Å². The molecule has 1 amide bonds. The summed E-state index contributed by atoms with van der Waals surface area (Å²) in [4.78, 5) is 24.2. The van der Waals surface area contributed by atoms with Gasteiger partial charge in [0.25, 0.3) is 0 Å². The van der Waals surface area contributed by atoms with Gasteiger partial charge in [-0.3, -0.25) is 15.0 Å². The molecule has 0 aliphatic carbocycles. The van der Waals surface area contributed by atoms with Crippen LogP contribution in [-0.4, -0.2) is 23.7 Å². The average molecular weight is 397 g/mol. The third kappa shape index (κ3) is 5.07. The summed E-state index contributed by atoms with van der Waals surface area (Å²) in [5.74, 6) is -0.658. The molecule has 2 aromatic carbocycles. The molecule has 0 unspecified atom stereocenters. The van der Waals surface area contributed by atoms with Gasteiger partial charge < -0.3 is 9.47 Å². The molecule has 0 saturated carbocycles. The molecule has 0 aliphatic rings. The first-order valence-corrected chi connectivity index (χ1v) is 8.24. The molecule has 0 aromatic heterocycles. The Bertz CT molecular complexity index is 883. The van der Waals surface area contributed by atoms with Crippen LogP contribution in [0.25, 0.3) is 0 Å². The number of anilines is 1.